The molecule has 0 aliphatic rings. The van der Waals surface area contributed by atoms with Gasteiger partial charge in [0.1, 0.15) is 0 Å². The van der Waals surface area contributed by atoms with Crippen LogP contribution in [0.2, 0.25) is 0 Å². The minimum Gasteiger partial charge on any atom is -0.504 e. The van der Waals surface area contributed by atoms with Crippen LogP contribution in [0.4, 0.5) is 0 Å². The first-order valence-electron chi connectivity index (χ1n) is 6.80. The molecule has 0 atom stereocenters. The second-order valence-corrected chi connectivity index (χ2v) is 7.08. The molecule has 0 spiro atoms. The normalized spacial score (nSPS) is 11.3. The fourth-order valence-corrected chi connectivity index (χ4v) is 3.65. The zero-order chi connectivity index (χ0) is 17.2. The molecule has 2 aromatic carbocycles. The minimum absolute atomic E-state index is 0.0322. The summed E-state index contributed by atoms with van der Waals surface area (Å²) in [7, 11) is -3.94. The maximum atomic E-state index is 12.7. The number of benzene rings is 2. The van der Waals surface area contributed by atoms with Crippen molar-refractivity contribution >= 4 is 15.8 Å². The number of sulfone groups is 1. The van der Waals surface area contributed by atoms with Crippen molar-refractivity contribution in [1.29, 1.82) is 0 Å². The van der Waals surface area contributed by atoms with Gasteiger partial charge in [0.15, 0.2) is 11.5 Å². The monoisotopic (exact) mass is 336 g/mol. The number of phenolic OH excluding ortho intramolecular Hbond substituents is 2. The molecule has 6 nitrogen and oxygen atoms in total. The van der Waals surface area contributed by atoms with Crippen LogP contribution in [0.25, 0.3) is 0 Å². The second-order valence-electron chi connectivity index (χ2n) is 5.16. The average Bonchev–Trinajstić information content (AvgIpc) is 2.48. The standard InChI is InChI=1S/C16H16O6S/c1-10-2-5-12(6-3-10)23(21,22)15-9-14(18)13(17)8-11(15)4-7-16(19)20/h2-3,5-6,8-9,17-18H,4,7H2,1H3,(H,19,20). The zero-order valence-corrected chi connectivity index (χ0v) is 13.2. The lowest BCUT2D eigenvalue weighted by atomic mass is 10.1. The van der Waals surface area contributed by atoms with Crippen LogP contribution in [0.15, 0.2) is 46.2 Å². The number of aliphatic carboxylic acids is 1. The summed E-state index contributed by atoms with van der Waals surface area (Å²) in [6, 6.07) is 8.19. The molecule has 7 heteroatoms. The topological polar surface area (TPSA) is 112 Å². The molecule has 0 fully saturated rings. The van der Waals surface area contributed by atoms with Gasteiger partial charge in [0.2, 0.25) is 9.84 Å². The molecule has 122 valence electrons. The summed E-state index contributed by atoms with van der Waals surface area (Å²) in [6.45, 7) is 1.82. The van der Waals surface area contributed by atoms with Gasteiger partial charge in [0, 0.05) is 12.5 Å². The molecule has 0 unspecified atom stereocenters. The van der Waals surface area contributed by atoms with Gasteiger partial charge in [-0.25, -0.2) is 8.42 Å². The molecular formula is C16H16O6S. The Hall–Kier alpha value is -2.54. The third-order valence-corrected chi connectivity index (χ3v) is 5.24. The molecule has 2 rings (SSSR count). The molecule has 0 aromatic heterocycles. The lowest BCUT2D eigenvalue weighted by molar-refractivity contribution is -0.136. The third kappa shape index (κ3) is 3.62. The van der Waals surface area contributed by atoms with Gasteiger partial charge in [0.25, 0.3) is 0 Å². The molecule has 0 saturated heterocycles. The zero-order valence-electron chi connectivity index (χ0n) is 12.4. The van der Waals surface area contributed by atoms with Crippen LogP contribution < -0.4 is 0 Å². The van der Waals surface area contributed by atoms with Crippen LogP contribution in [0.5, 0.6) is 11.5 Å². The lowest BCUT2D eigenvalue weighted by Gasteiger charge is -2.12. The smallest absolute Gasteiger partial charge is 0.303 e. The summed E-state index contributed by atoms with van der Waals surface area (Å²) in [5.74, 6) is -2.15. The molecule has 0 aliphatic carbocycles. The predicted molar refractivity (Wildman–Crippen MR) is 82.4 cm³/mol. The molecule has 0 bridgehead atoms. The number of carbonyl (C=O) groups is 1. The van der Waals surface area contributed by atoms with E-state index in [4.69, 9.17) is 5.11 Å². The van der Waals surface area contributed by atoms with E-state index in [-0.39, 0.29) is 28.2 Å². The van der Waals surface area contributed by atoms with E-state index >= 15 is 0 Å². The van der Waals surface area contributed by atoms with Gasteiger partial charge in [0.05, 0.1) is 9.79 Å². The van der Waals surface area contributed by atoms with Crippen LogP contribution in [0.3, 0.4) is 0 Å². The van der Waals surface area contributed by atoms with Crippen LogP contribution in [-0.4, -0.2) is 29.7 Å². The van der Waals surface area contributed by atoms with Gasteiger partial charge in [-0.05, 0) is 37.1 Å². The van der Waals surface area contributed by atoms with E-state index in [1.165, 1.54) is 12.1 Å². The van der Waals surface area contributed by atoms with Crippen molar-refractivity contribution in [3.8, 4) is 11.5 Å². The van der Waals surface area contributed by atoms with Crippen molar-refractivity contribution in [1.82, 2.24) is 0 Å². The van der Waals surface area contributed by atoms with Gasteiger partial charge < -0.3 is 15.3 Å². The molecule has 0 heterocycles. The Labute approximate surface area is 133 Å². The first-order valence-corrected chi connectivity index (χ1v) is 8.28. The van der Waals surface area contributed by atoms with E-state index in [0.29, 0.717) is 0 Å². The Balaban J connectivity index is 2.57. The van der Waals surface area contributed by atoms with Crippen molar-refractivity contribution in [2.45, 2.75) is 29.6 Å². The molecule has 0 amide bonds. The fourth-order valence-electron chi connectivity index (χ4n) is 2.13. The average molecular weight is 336 g/mol. The summed E-state index contributed by atoms with van der Waals surface area (Å²) >= 11 is 0. The predicted octanol–water partition coefficient (Wildman–Crippen LogP) is 2.26. The lowest BCUT2D eigenvalue weighted by Crippen LogP contribution is -2.07. The SMILES string of the molecule is Cc1ccc(S(=O)(=O)c2cc(O)c(O)cc2CCC(=O)O)cc1. The maximum Gasteiger partial charge on any atom is 0.303 e. The Morgan fingerprint density at radius 3 is 2.17 bits per heavy atom. The number of carboxylic acid groups (broad SMARTS) is 1. The summed E-state index contributed by atoms with van der Waals surface area (Å²) in [5, 5.41) is 28.0. The van der Waals surface area contributed by atoms with Crippen LogP contribution >= 0.6 is 0 Å². The van der Waals surface area contributed by atoms with Crippen LogP contribution in [-0.2, 0) is 21.1 Å². The van der Waals surface area contributed by atoms with Crippen LogP contribution in [0, 0.1) is 6.92 Å². The highest BCUT2D eigenvalue weighted by Crippen LogP contribution is 2.34. The van der Waals surface area contributed by atoms with E-state index in [0.717, 1.165) is 17.7 Å². The maximum absolute atomic E-state index is 12.7. The van der Waals surface area contributed by atoms with Crippen molar-refractivity contribution in [2.75, 3.05) is 0 Å². The van der Waals surface area contributed by atoms with Gasteiger partial charge in [-0.15, -0.1) is 0 Å². The summed E-state index contributed by atoms with van der Waals surface area (Å²) in [4.78, 5) is 10.6. The summed E-state index contributed by atoms with van der Waals surface area (Å²) < 4.78 is 25.5. The molecule has 2 aromatic rings. The van der Waals surface area contributed by atoms with Crippen molar-refractivity contribution < 1.29 is 28.5 Å². The summed E-state index contributed by atoms with van der Waals surface area (Å²) in [5.41, 5.74) is 1.03. The van der Waals surface area contributed by atoms with E-state index < -0.39 is 27.3 Å². The van der Waals surface area contributed by atoms with Crippen molar-refractivity contribution in [2.24, 2.45) is 0 Å². The number of aromatic hydroxyl groups is 2. The van der Waals surface area contributed by atoms with Gasteiger partial charge in [-0.3, -0.25) is 4.79 Å². The van der Waals surface area contributed by atoms with Crippen molar-refractivity contribution in [3.63, 3.8) is 0 Å². The Morgan fingerprint density at radius 1 is 1.04 bits per heavy atom. The fraction of sp³-hybridized carbons (Fsp3) is 0.188. The van der Waals surface area contributed by atoms with E-state index in [1.807, 2.05) is 6.92 Å². The Kier molecular flexibility index (Phi) is 4.60. The number of hydrogen-bond acceptors (Lipinski definition) is 5. The van der Waals surface area contributed by atoms with Crippen LogP contribution in [0.1, 0.15) is 17.5 Å². The van der Waals surface area contributed by atoms with Gasteiger partial charge in [-0.2, -0.15) is 0 Å². The molecular weight excluding hydrogens is 320 g/mol. The molecule has 23 heavy (non-hydrogen) atoms. The largest absolute Gasteiger partial charge is 0.504 e. The summed E-state index contributed by atoms with van der Waals surface area (Å²) in [6.07, 6.45) is -0.371. The van der Waals surface area contributed by atoms with Gasteiger partial charge >= 0.3 is 5.97 Å². The number of carboxylic acids is 1. The first-order chi connectivity index (χ1) is 10.7. The molecule has 0 aliphatic heterocycles. The number of rotatable bonds is 5. The Morgan fingerprint density at radius 2 is 1.61 bits per heavy atom. The second kappa shape index (κ2) is 6.29. The highest BCUT2D eigenvalue weighted by Gasteiger charge is 2.23. The molecule has 3 N–H and O–H groups in total. The first kappa shape index (κ1) is 16.8. The molecule has 0 saturated carbocycles. The third-order valence-electron chi connectivity index (χ3n) is 3.39. The molecule has 0 radical (unpaired) electrons. The highest BCUT2D eigenvalue weighted by molar-refractivity contribution is 7.91. The van der Waals surface area contributed by atoms with E-state index in [2.05, 4.69) is 0 Å². The van der Waals surface area contributed by atoms with E-state index in [1.54, 1.807) is 12.1 Å². The van der Waals surface area contributed by atoms with Gasteiger partial charge in [-0.1, -0.05) is 17.7 Å². The Bertz CT molecular complexity index is 838. The highest BCUT2D eigenvalue weighted by atomic mass is 32.2. The van der Waals surface area contributed by atoms with E-state index in [9.17, 15) is 23.4 Å². The number of phenols is 2. The number of aryl methyl sites for hydroxylation is 2. The quantitative estimate of drug-likeness (QED) is 0.722. The van der Waals surface area contributed by atoms with Crippen molar-refractivity contribution in [3.05, 3.63) is 47.5 Å². The minimum atomic E-state index is -3.94. The number of hydrogen-bond donors (Lipinski definition) is 3.